The van der Waals surface area contributed by atoms with Crippen LogP contribution in [-0.4, -0.2) is 36.6 Å². The molecule has 1 atom stereocenters. The molecule has 1 rings (SSSR count). The number of nitrogens with one attached hydrogen (secondary N) is 1. The van der Waals surface area contributed by atoms with Gasteiger partial charge in [0, 0.05) is 18.6 Å². The second-order valence-corrected chi connectivity index (χ2v) is 4.60. The molecular formula is C13H26N2. The third-order valence-electron chi connectivity index (χ3n) is 3.09. The Bertz CT molecular complexity index is 175. The van der Waals surface area contributed by atoms with Gasteiger partial charge in [-0.05, 0) is 45.7 Å². The summed E-state index contributed by atoms with van der Waals surface area (Å²) < 4.78 is 0. The lowest BCUT2D eigenvalue weighted by Crippen LogP contribution is -2.37. The van der Waals surface area contributed by atoms with Gasteiger partial charge in [0.2, 0.25) is 0 Å². The van der Waals surface area contributed by atoms with Crippen LogP contribution in [-0.2, 0) is 0 Å². The van der Waals surface area contributed by atoms with Gasteiger partial charge >= 0.3 is 0 Å². The fraction of sp³-hybridized carbons (Fsp3) is 0.846. The summed E-state index contributed by atoms with van der Waals surface area (Å²) in [5.41, 5.74) is 0. The molecule has 0 aromatic rings. The Kier molecular flexibility index (Phi) is 5.96. The summed E-state index contributed by atoms with van der Waals surface area (Å²) in [7, 11) is 0. The van der Waals surface area contributed by atoms with Crippen molar-refractivity contribution in [1.82, 2.24) is 10.2 Å². The first-order chi connectivity index (χ1) is 7.29. The summed E-state index contributed by atoms with van der Waals surface area (Å²) >= 11 is 0. The zero-order valence-corrected chi connectivity index (χ0v) is 10.3. The fourth-order valence-corrected chi connectivity index (χ4v) is 2.02. The van der Waals surface area contributed by atoms with Crippen molar-refractivity contribution < 1.29 is 0 Å². The van der Waals surface area contributed by atoms with Gasteiger partial charge < -0.3 is 5.32 Å². The largest absolute Gasteiger partial charge is 0.317 e. The van der Waals surface area contributed by atoms with Crippen LogP contribution in [0.2, 0.25) is 0 Å². The predicted molar refractivity (Wildman–Crippen MR) is 67.2 cm³/mol. The van der Waals surface area contributed by atoms with Gasteiger partial charge in [0.05, 0.1) is 0 Å². The molecule has 0 radical (unpaired) electrons. The van der Waals surface area contributed by atoms with E-state index >= 15 is 0 Å². The number of hydrogen-bond donors (Lipinski definition) is 1. The van der Waals surface area contributed by atoms with E-state index in [1.165, 1.54) is 25.7 Å². The molecule has 0 aliphatic heterocycles. The lowest BCUT2D eigenvalue weighted by atomic mass is 10.2. The molecule has 1 aliphatic rings. The highest BCUT2D eigenvalue weighted by molar-refractivity contribution is 4.90. The highest BCUT2D eigenvalue weighted by atomic mass is 15.2. The molecule has 0 aromatic carbocycles. The van der Waals surface area contributed by atoms with Crippen LogP contribution in [0.4, 0.5) is 0 Å². The lowest BCUT2D eigenvalue weighted by Gasteiger charge is -2.28. The Labute approximate surface area is 94.7 Å². The Hall–Kier alpha value is -0.340. The molecule has 2 nitrogen and oxygen atoms in total. The minimum atomic E-state index is 0.694. The SMILES string of the molecule is C=CCN(C(C)CCNCCC)C1CC1. The maximum absolute atomic E-state index is 3.85. The highest BCUT2D eigenvalue weighted by Crippen LogP contribution is 2.28. The van der Waals surface area contributed by atoms with Crippen LogP contribution in [0, 0.1) is 0 Å². The molecule has 1 aliphatic carbocycles. The normalized spacial score (nSPS) is 18.1. The minimum Gasteiger partial charge on any atom is -0.317 e. The number of rotatable bonds is 9. The van der Waals surface area contributed by atoms with Crippen molar-refractivity contribution >= 4 is 0 Å². The molecule has 15 heavy (non-hydrogen) atoms. The topological polar surface area (TPSA) is 15.3 Å². The average Bonchev–Trinajstić information content (AvgIpc) is 3.04. The van der Waals surface area contributed by atoms with Gasteiger partial charge in [0.15, 0.2) is 0 Å². The molecule has 1 fully saturated rings. The summed E-state index contributed by atoms with van der Waals surface area (Å²) in [6.45, 7) is 11.8. The molecule has 0 spiro atoms. The van der Waals surface area contributed by atoms with Crippen LogP contribution in [0.5, 0.6) is 0 Å². The van der Waals surface area contributed by atoms with Crippen LogP contribution in [0.1, 0.15) is 39.5 Å². The summed E-state index contributed by atoms with van der Waals surface area (Å²) in [5.74, 6) is 0. The monoisotopic (exact) mass is 210 g/mol. The Morgan fingerprint density at radius 1 is 1.47 bits per heavy atom. The highest BCUT2D eigenvalue weighted by Gasteiger charge is 2.30. The summed E-state index contributed by atoms with van der Waals surface area (Å²) in [6.07, 6.45) is 7.30. The van der Waals surface area contributed by atoms with Crippen molar-refractivity contribution in [2.24, 2.45) is 0 Å². The molecular weight excluding hydrogens is 184 g/mol. The number of hydrogen-bond acceptors (Lipinski definition) is 2. The molecule has 0 heterocycles. The standard InChI is InChI=1S/C13H26N2/c1-4-9-14-10-8-12(3)15(11-5-2)13-6-7-13/h5,12-14H,2,4,6-11H2,1,3H3. The zero-order valence-electron chi connectivity index (χ0n) is 10.3. The molecule has 1 N–H and O–H groups in total. The van der Waals surface area contributed by atoms with E-state index in [0.29, 0.717) is 6.04 Å². The van der Waals surface area contributed by atoms with Crippen molar-refractivity contribution in [3.8, 4) is 0 Å². The van der Waals surface area contributed by atoms with Gasteiger partial charge in [-0.3, -0.25) is 4.90 Å². The van der Waals surface area contributed by atoms with Gasteiger partial charge in [-0.1, -0.05) is 13.0 Å². The maximum Gasteiger partial charge on any atom is 0.0166 e. The summed E-state index contributed by atoms with van der Waals surface area (Å²) in [4.78, 5) is 2.60. The van der Waals surface area contributed by atoms with Gasteiger partial charge in [-0.25, -0.2) is 0 Å². The smallest absolute Gasteiger partial charge is 0.0166 e. The predicted octanol–water partition coefficient (Wildman–Crippen LogP) is 2.42. The average molecular weight is 210 g/mol. The second kappa shape index (κ2) is 7.02. The second-order valence-electron chi connectivity index (χ2n) is 4.60. The number of nitrogens with zero attached hydrogens (tertiary/aromatic N) is 1. The van der Waals surface area contributed by atoms with Crippen molar-refractivity contribution in [2.75, 3.05) is 19.6 Å². The molecule has 0 aromatic heterocycles. The van der Waals surface area contributed by atoms with Crippen LogP contribution >= 0.6 is 0 Å². The van der Waals surface area contributed by atoms with Crippen molar-refractivity contribution in [2.45, 2.75) is 51.6 Å². The summed E-state index contributed by atoms with van der Waals surface area (Å²) in [5, 5.41) is 3.47. The third-order valence-corrected chi connectivity index (χ3v) is 3.09. The van der Waals surface area contributed by atoms with Gasteiger partial charge in [-0.2, -0.15) is 0 Å². The maximum atomic E-state index is 3.85. The zero-order chi connectivity index (χ0) is 11.1. The molecule has 88 valence electrons. The first-order valence-corrected chi connectivity index (χ1v) is 6.37. The van der Waals surface area contributed by atoms with Gasteiger partial charge in [-0.15, -0.1) is 6.58 Å². The third kappa shape index (κ3) is 4.80. The summed E-state index contributed by atoms with van der Waals surface area (Å²) in [6, 6.07) is 1.55. The van der Waals surface area contributed by atoms with E-state index in [9.17, 15) is 0 Å². The van der Waals surface area contributed by atoms with Crippen LogP contribution in [0.15, 0.2) is 12.7 Å². The van der Waals surface area contributed by atoms with E-state index in [2.05, 4.69) is 30.6 Å². The Morgan fingerprint density at radius 3 is 2.73 bits per heavy atom. The minimum absolute atomic E-state index is 0.694. The molecule has 1 saturated carbocycles. The fourth-order valence-electron chi connectivity index (χ4n) is 2.02. The molecule has 2 heteroatoms. The van der Waals surface area contributed by atoms with Gasteiger partial charge in [0.1, 0.15) is 0 Å². The van der Waals surface area contributed by atoms with Crippen molar-refractivity contribution in [3.63, 3.8) is 0 Å². The van der Waals surface area contributed by atoms with E-state index in [-0.39, 0.29) is 0 Å². The molecule has 1 unspecified atom stereocenters. The molecule has 0 amide bonds. The molecule has 0 saturated heterocycles. The first-order valence-electron chi connectivity index (χ1n) is 6.37. The van der Waals surface area contributed by atoms with E-state index in [1.807, 2.05) is 6.08 Å². The van der Waals surface area contributed by atoms with Crippen molar-refractivity contribution in [3.05, 3.63) is 12.7 Å². The van der Waals surface area contributed by atoms with E-state index < -0.39 is 0 Å². The van der Waals surface area contributed by atoms with Crippen LogP contribution < -0.4 is 5.32 Å². The van der Waals surface area contributed by atoms with Crippen molar-refractivity contribution in [1.29, 1.82) is 0 Å². The Balaban J connectivity index is 2.16. The molecule has 0 bridgehead atoms. The van der Waals surface area contributed by atoms with Crippen LogP contribution in [0.3, 0.4) is 0 Å². The van der Waals surface area contributed by atoms with Gasteiger partial charge in [0.25, 0.3) is 0 Å². The van der Waals surface area contributed by atoms with E-state index in [0.717, 1.165) is 25.7 Å². The first kappa shape index (κ1) is 12.7. The Morgan fingerprint density at radius 2 is 2.20 bits per heavy atom. The van der Waals surface area contributed by atoms with E-state index in [4.69, 9.17) is 0 Å². The van der Waals surface area contributed by atoms with E-state index in [1.54, 1.807) is 0 Å². The van der Waals surface area contributed by atoms with Crippen LogP contribution in [0.25, 0.3) is 0 Å². The quantitative estimate of drug-likeness (QED) is 0.464. The lowest BCUT2D eigenvalue weighted by molar-refractivity contribution is 0.210.